The number of anilines is 1. The summed E-state index contributed by atoms with van der Waals surface area (Å²) < 4.78 is 2.04. The summed E-state index contributed by atoms with van der Waals surface area (Å²) in [7, 11) is 0. The van der Waals surface area contributed by atoms with Crippen molar-refractivity contribution in [3.05, 3.63) is 47.8 Å². The molecule has 1 N–H and O–H groups in total. The van der Waals surface area contributed by atoms with Crippen LogP contribution < -0.4 is 4.90 Å². The first-order valence-electron chi connectivity index (χ1n) is 7.75. The Morgan fingerprint density at radius 1 is 1.33 bits per heavy atom. The van der Waals surface area contributed by atoms with Crippen molar-refractivity contribution in [2.24, 2.45) is 0 Å². The Hall–Kier alpha value is -1.81. The van der Waals surface area contributed by atoms with Crippen molar-refractivity contribution in [1.82, 2.24) is 9.78 Å². The van der Waals surface area contributed by atoms with Crippen LogP contribution in [-0.2, 0) is 6.54 Å². The van der Waals surface area contributed by atoms with Crippen LogP contribution in [0.3, 0.4) is 0 Å². The second-order valence-electron chi connectivity index (χ2n) is 5.83. The van der Waals surface area contributed by atoms with Gasteiger partial charge < -0.3 is 10.0 Å². The minimum Gasteiger partial charge on any atom is -0.388 e. The molecule has 0 fully saturated rings. The number of rotatable bonds is 4. The number of hydrogen-bond donors (Lipinski definition) is 1. The molecule has 0 amide bonds. The van der Waals surface area contributed by atoms with Crippen molar-refractivity contribution >= 4 is 5.69 Å². The largest absolute Gasteiger partial charge is 0.388 e. The van der Waals surface area contributed by atoms with Gasteiger partial charge in [-0.15, -0.1) is 0 Å². The molecule has 1 aliphatic heterocycles. The first kappa shape index (κ1) is 14.1. The maximum absolute atomic E-state index is 10.1. The summed E-state index contributed by atoms with van der Waals surface area (Å²) in [6.45, 7) is 6.03. The molecule has 0 radical (unpaired) electrons. The Kier molecular flexibility index (Phi) is 3.97. The maximum Gasteiger partial charge on any atom is 0.0826 e. The summed E-state index contributed by atoms with van der Waals surface area (Å²) >= 11 is 0. The molecule has 4 heteroatoms. The highest BCUT2D eigenvalue weighted by Gasteiger charge is 2.23. The van der Waals surface area contributed by atoms with Crippen molar-refractivity contribution in [2.45, 2.75) is 45.4 Å². The summed E-state index contributed by atoms with van der Waals surface area (Å²) in [6, 6.07) is 10.7. The predicted molar refractivity (Wildman–Crippen MR) is 84.3 cm³/mol. The van der Waals surface area contributed by atoms with Gasteiger partial charge in [-0.05, 0) is 31.9 Å². The minimum atomic E-state index is -0.338. The van der Waals surface area contributed by atoms with Gasteiger partial charge in [0.2, 0.25) is 0 Å². The van der Waals surface area contributed by atoms with E-state index in [1.807, 2.05) is 22.9 Å². The molecule has 21 heavy (non-hydrogen) atoms. The topological polar surface area (TPSA) is 41.3 Å². The summed E-state index contributed by atoms with van der Waals surface area (Å²) in [5, 5.41) is 14.8. The first-order chi connectivity index (χ1) is 10.2. The fourth-order valence-electron chi connectivity index (χ4n) is 2.87. The Morgan fingerprint density at radius 2 is 2.14 bits per heavy atom. The second kappa shape index (κ2) is 5.90. The van der Waals surface area contributed by atoms with Crippen LogP contribution in [0.25, 0.3) is 0 Å². The zero-order valence-corrected chi connectivity index (χ0v) is 12.7. The van der Waals surface area contributed by atoms with Gasteiger partial charge >= 0.3 is 0 Å². The van der Waals surface area contributed by atoms with Crippen LogP contribution in [0, 0.1) is 0 Å². The molecular weight excluding hydrogens is 262 g/mol. The van der Waals surface area contributed by atoms with Crippen LogP contribution in [0.5, 0.6) is 0 Å². The van der Waals surface area contributed by atoms with Gasteiger partial charge in [-0.1, -0.05) is 25.1 Å². The number of nitrogens with zero attached hydrogens (tertiary/aromatic N) is 3. The van der Waals surface area contributed by atoms with Gasteiger partial charge in [-0.25, -0.2) is 0 Å². The fraction of sp³-hybridized carbons (Fsp3) is 0.471. The highest BCUT2D eigenvalue weighted by Crippen LogP contribution is 2.34. The number of aliphatic hydroxyl groups is 1. The Bertz CT molecular complexity index is 608. The average Bonchev–Trinajstić information content (AvgIpc) is 2.98. The smallest absolute Gasteiger partial charge is 0.0826 e. The molecule has 2 atom stereocenters. The molecule has 2 unspecified atom stereocenters. The maximum atomic E-state index is 10.1. The van der Waals surface area contributed by atoms with Crippen LogP contribution in [0.15, 0.2) is 36.5 Å². The van der Waals surface area contributed by atoms with Crippen LogP contribution >= 0.6 is 0 Å². The van der Waals surface area contributed by atoms with Gasteiger partial charge in [0.25, 0.3) is 0 Å². The van der Waals surface area contributed by atoms with Gasteiger partial charge in [0.15, 0.2) is 0 Å². The summed E-state index contributed by atoms with van der Waals surface area (Å²) in [4.78, 5) is 2.31. The lowest BCUT2D eigenvalue weighted by atomic mass is 9.99. The van der Waals surface area contributed by atoms with Gasteiger partial charge in [-0.3, -0.25) is 4.68 Å². The number of hydrogen-bond acceptors (Lipinski definition) is 3. The number of aromatic nitrogens is 2. The van der Waals surface area contributed by atoms with Gasteiger partial charge in [-0.2, -0.15) is 5.10 Å². The summed E-state index contributed by atoms with van der Waals surface area (Å²) in [6.07, 6.45) is 3.59. The zero-order valence-electron chi connectivity index (χ0n) is 12.7. The third-order valence-corrected chi connectivity index (χ3v) is 4.37. The third-order valence-electron chi connectivity index (χ3n) is 4.37. The average molecular weight is 285 g/mol. The monoisotopic (exact) mass is 285 g/mol. The van der Waals surface area contributed by atoms with Crippen molar-refractivity contribution < 1.29 is 5.11 Å². The number of aliphatic hydroxyl groups excluding tert-OH is 1. The number of para-hydroxylation sites is 1. The zero-order chi connectivity index (χ0) is 14.8. The van der Waals surface area contributed by atoms with Gasteiger partial charge in [0.1, 0.15) is 0 Å². The molecule has 4 nitrogen and oxygen atoms in total. The number of fused-ring (bicyclic) bond motifs is 1. The van der Waals surface area contributed by atoms with E-state index in [9.17, 15) is 5.11 Å². The molecule has 0 bridgehead atoms. The summed E-state index contributed by atoms with van der Waals surface area (Å²) in [5.41, 5.74) is 3.25. The SMILES string of the molecule is CCC(C)n1ccc(CN2CCC(O)c3ccccc32)n1. The van der Waals surface area contributed by atoms with Crippen LogP contribution in [0.1, 0.15) is 50.1 Å². The van der Waals surface area contributed by atoms with E-state index in [0.717, 1.165) is 42.9 Å². The van der Waals surface area contributed by atoms with Crippen LogP contribution in [-0.4, -0.2) is 21.4 Å². The molecule has 1 aromatic carbocycles. The van der Waals surface area contributed by atoms with E-state index in [0.29, 0.717) is 6.04 Å². The first-order valence-corrected chi connectivity index (χ1v) is 7.75. The van der Waals surface area contributed by atoms with Crippen LogP contribution in [0.2, 0.25) is 0 Å². The van der Waals surface area contributed by atoms with Crippen molar-refractivity contribution in [2.75, 3.05) is 11.4 Å². The molecule has 1 aliphatic rings. The Labute approximate surface area is 126 Å². The van der Waals surface area contributed by atoms with E-state index in [1.165, 1.54) is 0 Å². The molecule has 2 heterocycles. The van der Waals surface area contributed by atoms with Gasteiger partial charge in [0, 0.05) is 30.0 Å². The normalized spacial score (nSPS) is 19.4. The molecule has 2 aromatic rings. The van der Waals surface area contributed by atoms with E-state index in [-0.39, 0.29) is 6.10 Å². The quantitative estimate of drug-likeness (QED) is 0.937. The van der Waals surface area contributed by atoms with Crippen LogP contribution in [0.4, 0.5) is 5.69 Å². The minimum absolute atomic E-state index is 0.338. The van der Waals surface area contributed by atoms with E-state index >= 15 is 0 Å². The Morgan fingerprint density at radius 3 is 2.95 bits per heavy atom. The molecule has 1 aromatic heterocycles. The van der Waals surface area contributed by atoms with Crippen molar-refractivity contribution in [1.29, 1.82) is 0 Å². The van der Waals surface area contributed by atoms with Crippen molar-refractivity contribution in [3.63, 3.8) is 0 Å². The Balaban J connectivity index is 1.80. The molecule has 0 saturated carbocycles. The molecule has 3 rings (SSSR count). The predicted octanol–water partition coefficient (Wildman–Crippen LogP) is 3.30. The summed E-state index contributed by atoms with van der Waals surface area (Å²) in [5.74, 6) is 0. The third kappa shape index (κ3) is 2.81. The molecule has 0 saturated heterocycles. The fourth-order valence-corrected chi connectivity index (χ4v) is 2.87. The van der Waals surface area contributed by atoms with E-state index < -0.39 is 0 Å². The van der Waals surface area contributed by atoms with E-state index in [4.69, 9.17) is 0 Å². The van der Waals surface area contributed by atoms with E-state index in [1.54, 1.807) is 0 Å². The lowest BCUT2D eigenvalue weighted by Gasteiger charge is -2.33. The lowest BCUT2D eigenvalue weighted by Crippen LogP contribution is -2.30. The highest BCUT2D eigenvalue weighted by molar-refractivity contribution is 5.56. The molecule has 112 valence electrons. The van der Waals surface area contributed by atoms with Crippen molar-refractivity contribution in [3.8, 4) is 0 Å². The molecule has 0 aliphatic carbocycles. The lowest BCUT2D eigenvalue weighted by molar-refractivity contribution is 0.164. The number of benzene rings is 1. The molecule has 0 spiro atoms. The van der Waals surface area contributed by atoms with E-state index in [2.05, 4.69) is 42.2 Å². The highest BCUT2D eigenvalue weighted by atomic mass is 16.3. The standard InChI is InChI=1S/C17H23N3O/c1-3-13(2)20-11-8-14(18-20)12-19-10-9-17(21)15-6-4-5-7-16(15)19/h4-8,11,13,17,21H,3,9-10,12H2,1-2H3. The molecular formula is C17H23N3O. The second-order valence-corrected chi connectivity index (χ2v) is 5.83. The van der Waals surface area contributed by atoms with Gasteiger partial charge in [0.05, 0.1) is 18.3 Å².